The third-order valence-corrected chi connectivity index (χ3v) is 6.41. The van der Waals surface area contributed by atoms with Crippen LogP contribution in [-0.2, 0) is 13.1 Å². The van der Waals surface area contributed by atoms with Crippen LogP contribution in [0.2, 0.25) is 0 Å². The minimum Gasteiger partial charge on any atom is -0.496 e. The molecule has 1 amide bonds. The molecule has 0 radical (unpaired) electrons. The van der Waals surface area contributed by atoms with E-state index in [1.165, 1.54) is 5.56 Å². The van der Waals surface area contributed by atoms with Gasteiger partial charge in [-0.25, -0.2) is 0 Å². The van der Waals surface area contributed by atoms with Crippen LogP contribution in [0.15, 0.2) is 91.1 Å². The minimum atomic E-state index is -0.100. The van der Waals surface area contributed by atoms with Gasteiger partial charge in [-0.05, 0) is 29.7 Å². The summed E-state index contributed by atoms with van der Waals surface area (Å²) in [5.74, 6) is 0.596. The van der Waals surface area contributed by atoms with Crippen molar-refractivity contribution in [3.8, 4) is 17.0 Å². The first-order valence-electron chi connectivity index (χ1n) is 12.0. The molecule has 1 N–H and O–H groups in total. The standard InChI is InChI=1S/C29H30N4O2/c1-35-27-15-9-8-14-25(27)28-26(21-33(31-28)19-23-12-6-3-7-13-23)29(34)30-24-16-17-32(20-24)18-22-10-4-2-5-11-22/h2-15,21,24H,16-20H2,1H3,(H,30,34)/t24-/m1/s1. The molecule has 1 saturated heterocycles. The fraction of sp³-hybridized carbons (Fsp3) is 0.241. The molecule has 1 aliphatic rings. The average molecular weight is 467 g/mol. The fourth-order valence-corrected chi connectivity index (χ4v) is 4.68. The number of amides is 1. The van der Waals surface area contributed by atoms with Crippen molar-refractivity contribution in [2.45, 2.75) is 25.6 Å². The van der Waals surface area contributed by atoms with Crippen LogP contribution < -0.4 is 10.1 Å². The van der Waals surface area contributed by atoms with Crippen molar-refractivity contribution in [1.82, 2.24) is 20.0 Å². The number of methoxy groups -OCH3 is 1. The largest absolute Gasteiger partial charge is 0.496 e. The highest BCUT2D eigenvalue weighted by atomic mass is 16.5. The lowest BCUT2D eigenvalue weighted by atomic mass is 10.1. The molecule has 0 bridgehead atoms. The van der Waals surface area contributed by atoms with Crippen molar-refractivity contribution in [3.05, 3.63) is 108 Å². The highest BCUT2D eigenvalue weighted by Gasteiger charge is 2.27. The number of likely N-dealkylation sites (tertiary alicyclic amines) is 1. The summed E-state index contributed by atoms with van der Waals surface area (Å²) in [5.41, 5.74) is 4.42. The lowest BCUT2D eigenvalue weighted by Crippen LogP contribution is -2.37. The normalized spacial score (nSPS) is 15.7. The topological polar surface area (TPSA) is 59.4 Å². The van der Waals surface area contributed by atoms with Gasteiger partial charge in [-0.1, -0.05) is 72.8 Å². The third kappa shape index (κ3) is 5.44. The van der Waals surface area contributed by atoms with Gasteiger partial charge in [-0.15, -0.1) is 0 Å². The van der Waals surface area contributed by atoms with E-state index in [1.54, 1.807) is 7.11 Å². The van der Waals surface area contributed by atoms with Gasteiger partial charge in [0.1, 0.15) is 11.4 Å². The van der Waals surface area contributed by atoms with Gasteiger partial charge >= 0.3 is 0 Å². The van der Waals surface area contributed by atoms with Crippen molar-refractivity contribution in [3.63, 3.8) is 0 Å². The maximum Gasteiger partial charge on any atom is 0.255 e. The quantitative estimate of drug-likeness (QED) is 0.412. The molecule has 5 rings (SSSR count). The van der Waals surface area contributed by atoms with Crippen molar-refractivity contribution in [2.75, 3.05) is 20.2 Å². The summed E-state index contributed by atoms with van der Waals surface area (Å²) < 4.78 is 7.41. The van der Waals surface area contributed by atoms with Crippen LogP contribution in [0.25, 0.3) is 11.3 Å². The molecule has 0 unspecified atom stereocenters. The van der Waals surface area contributed by atoms with Crippen LogP contribution in [0.1, 0.15) is 27.9 Å². The molecule has 1 atom stereocenters. The van der Waals surface area contributed by atoms with E-state index in [-0.39, 0.29) is 11.9 Å². The summed E-state index contributed by atoms with van der Waals surface area (Å²) in [6, 6.07) is 28.4. The van der Waals surface area contributed by atoms with E-state index < -0.39 is 0 Å². The molecule has 178 valence electrons. The van der Waals surface area contributed by atoms with E-state index in [4.69, 9.17) is 9.84 Å². The van der Waals surface area contributed by atoms with E-state index in [0.29, 0.717) is 23.6 Å². The molecular weight excluding hydrogens is 436 g/mol. The summed E-state index contributed by atoms with van der Waals surface area (Å²) in [7, 11) is 1.64. The van der Waals surface area contributed by atoms with Gasteiger partial charge in [0.15, 0.2) is 0 Å². The van der Waals surface area contributed by atoms with E-state index in [2.05, 4.69) is 46.6 Å². The number of nitrogens with zero attached hydrogens (tertiary/aromatic N) is 3. The molecule has 35 heavy (non-hydrogen) atoms. The lowest BCUT2D eigenvalue weighted by Gasteiger charge is -2.17. The predicted octanol–water partition coefficient (Wildman–Crippen LogP) is 4.61. The van der Waals surface area contributed by atoms with Gasteiger partial charge in [-0.3, -0.25) is 14.4 Å². The van der Waals surface area contributed by atoms with Crippen LogP contribution in [0.3, 0.4) is 0 Å². The second-order valence-electron chi connectivity index (χ2n) is 8.95. The molecule has 0 aliphatic carbocycles. The van der Waals surface area contributed by atoms with Crippen LogP contribution in [0.5, 0.6) is 5.75 Å². The number of hydrogen-bond donors (Lipinski definition) is 1. The maximum atomic E-state index is 13.5. The molecule has 6 heteroatoms. The van der Waals surface area contributed by atoms with Crippen LogP contribution in [0.4, 0.5) is 0 Å². The second-order valence-corrected chi connectivity index (χ2v) is 8.95. The van der Waals surface area contributed by atoms with E-state index in [0.717, 1.165) is 37.2 Å². The zero-order chi connectivity index (χ0) is 24.0. The predicted molar refractivity (Wildman–Crippen MR) is 137 cm³/mol. The van der Waals surface area contributed by atoms with Crippen LogP contribution in [-0.4, -0.2) is 46.8 Å². The molecule has 2 heterocycles. The van der Waals surface area contributed by atoms with E-state index >= 15 is 0 Å². The molecule has 4 aromatic rings. The smallest absolute Gasteiger partial charge is 0.255 e. The first kappa shape index (κ1) is 22.9. The number of aromatic nitrogens is 2. The van der Waals surface area contributed by atoms with Crippen molar-refractivity contribution in [2.24, 2.45) is 0 Å². The zero-order valence-electron chi connectivity index (χ0n) is 19.9. The molecule has 1 fully saturated rings. The first-order chi connectivity index (χ1) is 17.2. The van der Waals surface area contributed by atoms with Gasteiger partial charge in [0.05, 0.1) is 19.2 Å². The highest BCUT2D eigenvalue weighted by Crippen LogP contribution is 2.31. The number of rotatable bonds is 8. The molecule has 1 aromatic heterocycles. The summed E-state index contributed by atoms with van der Waals surface area (Å²) in [6.45, 7) is 3.29. The Morgan fingerprint density at radius 3 is 2.31 bits per heavy atom. The molecular formula is C29H30N4O2. The van der Waals surface area contributed by atoms with Crippen LogP contribution >= 0.6 is 0 Å². The highest BCUT2D eigenvalue weighted by molar-refractivity contribution is 6.00. The maximum absolute atomic E-state index is 13.5. The van der Waals surface area contributed by atoms with Crippen molar-refractivity contribution in [1.29, 1.82) is 0 Å². The Morgan fingerprint density at radius 1 is 0.943 bits per heavy atom. The Bertz CT molecular complexity index is 1270. The van der Waals surface area contributed by atoms with E-state index in [1.807, 2.05) is 59.4 Å². The Balaban J connectivity index is 1.36. The van der Waals surface area contributed by atoms with Gasteiger partial charge < -0.3 is 10.1 Å². The second kappa shape index (κ2) is 10.6. The number of para-hydroxylation sites is 1. The first-order valence-corrected chi connectivity index (χ1v) is 12.0. The molecule has 0 spiro atoms. The number of carbonyl (C=O) groups is 1. The van der Waals surface area contributed by atoms with Gasteiger partial charge in [-0.2, -0.15) is 5.10 Å². The van der Waals surface area contributed by atoms with Crippen molar-refractivity contribution < 1.29 is 9.53 Å². The summed E-state index contributed by atoms with van der Waals surface area (Å²) in [4.78, 5) is 15.9. The Kier molecular flexibility index (Phi) is 6.91. The fourth-order valence-electron chi connectivity index (χ4n) is 4.68. The van der Waals surface area contributed by atoms with Crippen molar-refractivity contribution >= 4 is 5.91 Å². The Morgan fingerprint density at radius 2 is 1.60 bits per heavy atom. The number of ether oxygens (including phenoxy) is 1. The molecule has 3 aromatic carbocycles. The third-order valence-electron chi connectivity index (χ3n) is 6.41. The number of carbonyl (C=O) groups excluding carboxylic acids is 1. The zero-order valence-corrected chi connectivity index (χ0v) is 19.9. The lowest BCUT2D eigenvalue weighted by molar-refractivity contribution is 0.0938. The molecule has 0 saturated carbocycles. The number of nitrogens with one attached hydrogen (secondary N) is 1. The molecule has 6 nitrogen and oxygen atoms in total. The van der Waals surface area contributed by atoms with Gasteiger partial charge in [0.2, 0.25) is 0 Å². The number of hydrogen-bond acceptors (Lipinski definition) is 4. The monoisotopic (exact) mass is 466 g/mol. The van der Waals surface area contributed by atoms with Gasteiger partial charge in [0.25, 0.3) is 5.91 Å². The SMILES string of the molecule is COc1ccccc1-c1nn(Cc2ccccc2)cc1C(=O)N[C@@H]1CCN(Cc2ccccc2)C1. The van der Waals surface area contributed by atoms with Gasteiger partial charge in [0, 0.05) is 37.4 Å². The van der Waals surface area contributed by atoms with Crippen LogP contribution in [0, 0.1) is 0 Å². The average Bonchev–Trinajstić information content (AvgIpc) is 3.52. The molecule has 1 aliphatic heterocycles. The summed E-state index contributed by atoms with van der Waals surface area (Å²) in [5, 5.41) is 8.08. The Hall–Kier alpha value is -3.90. The number of benzene rings is 3. The van der Waals surface area contributed by atoms with E-state index in [9.17, 15) is 4.79 Å². The summed E-state index contributed by atoms with van der Waals surface area (Å²) in [6.07, 6.45) is 2.78. The minimum absolute atomic E-state index is 0.100. The Labute approximate surface area is 206 Å². The summed E-state index contributed by atoms with van der Waals surface area (Å²) >= 11 is 0.